The monoisotopic (exact) mass is 298 g/mol. The summed E-state index contributed by atoms with van der Waals surface area (Å²) >= 11 is 3.48. The molecule has 1 aromatic carbocycles. The molecule has 2 rings (SSSR count). The van der Waals surface area contributed by atoms with Crippen LogP contribution in [0.2, 0.25) is 0 Å². The largest absolute Gasteiger partial charge is 0.496 e. The van der Waals surface area contributed by atoms with E-state index in [1.54, 1.807) is 7.11 Å². The minimum atomic E-state index is 0.374. The van der Waals surface area contributed by atoms with Gasteiger partial charge in [-0.3, -0.25) is 0 Å². The average Bonchev–Trinajstić information content (AvgIpc) is 3.10. The maximum Gasteiger partial charge on any atom is 0.123 e. The number of rotatable bonds is 6. The van der Waals surface area contributed by atoms with Crippen LogP contribution in [0.4, 0.5) is 0 Å². The summed E-state index contributed by atoms with van der Waals surface area (Å²) < 4.78 is 6.42. The number of halogens is 1. The molecule has 0 aromatic heterocycles. The van der Waals surface area contributed by atoms with Gasteiger partial charge < -0.3 is 15.8 Å². The van der Waals surface area contributed by atoms with Crippen LogP contribution in [0.3, 0.4) is 0 Å². The predicted molar refractivity (Wildman–Crippen MR) is 73.1 cm³/mol. The second-order valence-electron chi connectivity index (χ2n) is 4.76. The van der Waals surface area contributed by atoms with E-state index >= 15 is 0 Å². The van der Waals surface area contributed by atoms with E-state index in [0.29, 0.717) is 5.41 Å². The Hall–Kier alpha value is -0.580. The molecule has 17 heavy (non-hydrogen) atoms. The summed E-state index contributed by atoms with van der Waals surface area (Å²) in [6.45, 7) is 2.61. The lowest BCUT2D eigenvalue weighted by Gasteiger charge is -2.15. The highest BCUT2D eigenvalue weighted by Gasteiger charge is 2.40. The van der Waals surface area contributed by atoms with Crippen molar-refractivity contribution in [2.75, 3.05) is 20.2 Å². The zero-order valence-electron chi connectivity index (χ0n) is 10.1. The molecule has 94 valence electrons. The van der Waals surface area contributed by atoms with Gasteiger partial charge in [0.05, 0.1) is 7.11 Å². The molecule has 0 aliphatic heterocycles. The van der Waals surface area contributed by atoms with E-state index in [4.69, 9.17) is 10.5 Å². The van der Waals surface area contributed by atoms with Gasteiger partial charge in [-0.05, 0) is 43.0 Å². The molecule has 3 nitrogen and oxygen atoms in total. The van der Waals surface area contributed by atoms with E-state index in [2.05, 4.69) is 27.3 Å². The first-order valence-electron chi connectivity index (χ1n) is 5.92. The minimum Gasteiger partial charge on any atom is -0.496 e. The van der Waals surface area contributed by atoms with Crippen LogP contribution in [0, 0.1) is 5.41 Å². The average molecular weight is 299 g/mol. The third-order valence-electron chi connectivity index (χ3n) is 3.45. The summed E-state index contributed by atoms with van der Waals surface area (Å²) in [7, 11) is 1.70. The summed E-state index contributed by atoms with van der Waals surface area (Å²) in [6, 6.07) is 6.06. The van der Waals surface area contributed by atoms with E-state index in [1.165, 1.54) is 18.4 Å². The first-order chi connectivity index (χ1) is 8.19. The van der Waals surface area contributed by atoms with Crippen LogP contribution in [0.5, 0.6) is 5.75 Å². The molecular formula is C13H19BrN2O. The van der Waals surface area contributed by atoms with Gasteiger partial charge in [0.2, 0.25) is 0 Å². The third-order valence-corrected chi connectivity index (χ3v) is 3.94. The molecule has 0 heterocycles. The van der Waals surface area contributed by atoms with Crippen molar-refractivity contribution in [3.63, 3.8) is 0 Å². The summed E-state index contributed by atoms with van der Waals surface area (Å²) in [6.07, 6.45) is 2.51. The van der Waals surface area contributed by atoms with Crippen molar-refractivity contribution < 1.29 is 4.74 Å². The van der Waals surface area contributed by atoms with E-state index in [9.17, 15) is 0 Å². The lowest BCUT2D eigenvalue weighted by Crippen LogP contribution is -2.29. The van der Waals surface area contributed by atoms with Gasteiger partial charge in [0.1, 0.15) is 5.75 Å². The number of benzene rings is 1. The number of ether oxygens (including phenoxy) is 1. The van der Waals surface area contributed by atoms with Gasteiger partial charge in [-0.15, -0.1) is 0 Å². The lowest BCUT2D eigenvalue weighted by atomic mass is 10.1. The maximum atomic E-state index is 5.76. The normalized spacial score (nSPS) is 16.9. The smallest absolute Gasteiger partial charge is 0.123 e. The van der Waals surface area contributed by atoms with Gasteiger partial charge in [-0.1, -0.05) is 15.9 Å². The van der Waals surface area contributed by atoms with Gasteiger partial charge in [0, 0.05) is 23.1 Å². The Morgan fingerprint density at radius 2 is 2.24 bits per heavy atom. The SMILES string of the molecule is COc1ccc(Br)cc1CNCC1(CN)CC1. The molecule has 1 fully saturated rings. The Morgan fingerprint density at radius 3 is 2.82 bits per heavy atom. The Labute approximate surface area is 111 Å². The highest BCUT2D eigenvalue weighted by Crippen LogP contribution is 2.43. The van der Waals surface area contributed by atoms with Gasteiger partial charge in [-0.2, -0.15) is 0 Å². The molecule has 0 radical (unpaired) electrons. The van der Waals surface area contributed by atoms with Crippen molar-refractivity contribution in [3.8, 4) is 5.75 Å². The van der Waals surface area contributed by atoms with Gasteiger partial charge in [-0.25, -0.2) is 0 Å². The van der Waals surface area contributed by atoms with Crippen molar-refractivity contribution in [1.29, 1.82) is 0 Å². The van der Waals surface area contributed by atoms with E-state index in [1.807, 2.05) is 12.1 Å². The van der Waals surface area contributed by atoms with E-state index < -0.39 is 0 Å². The second-order valence-corrected chi connectivity index (χ2v) is 5.68. The molecule has 0 spiro atoms. The summed E-state index contributed by atoms with van der Waals surface area (Å²) in [5.74, 6) is 0.929. The van der Waals surface area contributed by atoms with Crippen molar-refractivity contribution in [3.05, 3.63) is 28.2 Å². The number of nitrogens with one attached hydrogen (secondary N) is 1. The van der Waals surface area contributed by atoms with Crippen molar-refractivity contribution in [1.82, 2.24) is 5.32 Å². The highest BCUT2D eigenvalue weighted by molar-refractivity contribution is 9.10. The predicted octanol–water partition coefficient (Wildman–Crippen LogP) is 2.29. The van der Waals surface area contributed by atoms with Crippen molar-refractivity contribution in [2.45, 2.75) is 19.4 Å². The first-order valence-corrected chi connectivity index (χ1v) is 6.72. The number of hydrogen-bond acceptors (Lipinski definition) is 3. The quantitative estimate of drug-likeness (QED) is 0.847. The first kappa shape index (κ1) is 12.9. The van der Waals surface area contributed by atoms with Gasteiger partial charge >= 0.3 is 0 Å². The summed E-state index contributed by atoms with van der Waals surface area (Å²) in [5.41, 5.74) is 7.31. The van der Waals surface area contributed by atoms with Crippen LogP contribution in [0.1, 0.15) is 18.4 Å². The molecule has 0 saturated heterocycles. The zero-order chi connectivity index (χ0) is 12.3. The molecule has 3 N–H and O–H groups in total. The number of nitrogens with two attached hydrogens (primary N) is 1. The number of methoxy groups -OCH3 is 1. The lowest BCUT2D eigenvalue weighted by molar-refractivity contribution is 0.404. The van der Waals surface area contributed by atoms with Crippen molar-refractivity contribution >= 4 is 15.9 Å². The molecular weight excluding hydrogens is 280 g/mol. The minimum absolute atomic E-state index is 0.374. The molecule has 0 amide bonds. The van der Waals surface area contributed by atoms with E-state index in [-0.39, 0.29) is 0 Å². The molecule has 0 bridgehead atoms. The van der Waals surface area contributed by atoms with Gasteiger partial charge in [0.15, 0.2) is 0 Å². The molecule has 1 aliphatic rings. The Bertz CT molecular complexity index is 391. The summed E-state index contributed by atoms with van der Waals surface area (Å²) in [4.78, 5) is 0. The standard InChI is InChI=1S/C13H19BrN2O/c1-17-12-3-2-11(14)6-10(12)7-16-9-13(8-15)4-5-13/h2-3,6,16H,4-5,7-9,15H2,1H3. The van der Waals surface area contributed by atoms with Crippen molar-refractivity contribution in [2.24, 2.45) is 11.1 Å². The molecule has 0 atom stereocenters. The molecule has 0 unspecified atom stereocenters. The van der Waals surface area contributed by atoms with Crippen LogP contribution in [-0.4, -0.2) is 20.2 Å². The second kappa shape index (κ2) is 5.38. The maximum absolute atomic E-state index is 5.76. The van der Waals surface area contributed by atoms with Crippen LogP contribution in [-0.2, 0) is 6.54 Å². The molecule has 1 saturated carbocycles. The van der Waals surface area contributed by atoms with E-state index in [0.717, 1.165) is 29.9 Å². The number of hydrogen-bond donors (Lipinski definition) is 2. The Kier molecular flexibility index (Phi) is 4.07. The zero-order valence-corrected chi connectivity index (χ0v) is 11.7. The Morgan fingerprint density at radius 1 is 1.47 bits per heavy atom. The molecule has 1 aromatic rings. The molecule has 4 heteroatoms. The van der Waals surface area contributed by atoms with Crippen LogP contribution >= 0.6 is 15.9 Å². The topological polar surface area (TPSA) is 47.3 Å². The Balaban J connectivity index is 1.91. The van der Waals surface area contributed by atoms with Crippen LogP contribution in [0.25, 0.3) is 0 Å². The van der Waals surface area contributed by atoms with Crippen LogP contribution in [0.15, 0.2) is 22.7 Å². The fourth-order valence-corrected chi connectivity index (χ4v) is 2.39. The van der Waals surface area contributed by atoms with Gasteiger partial charge in [0.25, 0.3) is 0 Å². The molecule has 1 aliphatic carbocycles. The fraction of sp³-hybridized carbons (Fsp3) is 0.538. The summed E-state index contributed by atoms with van der Waals surface area (Å²) in [5, 5.41) is 3.48. The fourth-order valence-electron chi connectivity index (χ4n) is 1.98. The highest BCUT2D eigenvalue weighted by atomic mass is 79.9. The third kappa shape index (κ3) is 3.21. The van der Waals surface area contributed by atoms with Crippen LogP contribution < -0.4 is 15.8 Å².